The largest absolute Gasteiger partial charge is 0.448 e. The van der Waals surface area contributed by atoms with Crippen molar-refractivity contribution in [3.05, 3.63) is 83.9 Å². The number of hydrogen-bond donors (Lipinski definition) is 1. The number of cyclic esters (lactones) is 1. The Morgan fingerprint density at radius 1 is 0.966 bits per heavy atom. The van der Waals surface area contributed by atoms with E-state index in [4.69, 9.17) is 9.15 Å². The second-order valence-electron chi connectivity index (χ2n) is 6.81. The van der Waals surface area contributed by atoms with Crippen molar-refractivity contribution in [1.29, 1.82) is 0 Å². The van der Waals surface area contributed by atoms with Crippen molar-refractivity contribution in [2.75, 3.05) is 5.32 Å². The highest BCUT2D eigenvalue weighted by atomic mass is 16.5. The van der Waals surface area contributed by atoms with E-state index in [2.05, 4.69) is 10.3 Å². The zero-order chi connectivity index (χ0) is 19.8. The van der Waals surface area contributed by atoms with Crippen molar-refractivity contribution in [3.8, 4) is 11.5 Å². The third kappa shape index (κ3) is 3.25. The van der Waals surface area contributed by atoms with E-state index in [1.165, 1.54) is 0 Å². The Kier molecular flexibility index (Phi) is 4.09. The monoisotopic (exact) mass is 384 g/mol. The zero-order valence-corrected chi connectivity index (χ0v) is 15.3. The summed E-state index contributed by atoms with van der Waals surface area (Å²) in [6, 6.07) is 21.9. The maximum atomic E-state index is 12.6. The Hall–Kier alpha value is -3.93. The average Bonchev–Trinajstić information content (AvgIpc) is 3.18. The summed E-state index contributed by atoms with van der Waals surface area (Å²) in [6.45, 7) is 0. The number of para-hydroxylation sites is 2. The standard InChI is InChI=1S/C23H16N2O4/c26-21(20-13-15-5-1-2-6-17(15)23(27)29-20)24-16-11-9-14(10-12-16)22-25-18-7-3-4-8-19(18)28-22/h1-12,20H,13H2,(H,24,26). The molecule has 0 bridgehead atoms. The van der Waals surface area contributed by atoms with Crippen LogP contribution in [-0.2, 0) is 16.0 Å². The molecule has 1 atom stereocenters. The molecule has 0 radical (unpaired) electrons. The van der Waals surface area contributed by atoms with Gasteiger partial charge in [0.05, 0.1) is 5.56 Å². The molecule has 0 spiro atoms. The molecule has 1 N–H and O–H groups in total. The van der Waals surface area contributed by atoms with Gasteiger partial charge in [0.2, 0.25) is 5.89 Å². The Balaban J connectivity index is 1.31. The van der Waals surface area contributed by atoms with Crippen LogP contribution < -0.4 is 5.32 Å². The van der Waals surface area contributed by atoms with Gasteiger partial charge < -0.3 is 14.5 Å². The maximum absolute atomic E-state index is 12.6. The molecule has 5 rings (SSSR count). The van der Waals surface area contributed by atoms with E-state index < -0.39 is 12.1 Å². The summed E-state index contributed by atoms with van der Waals surface area (Å²) in [5, 5.41) is 2.80. The number of nitrogens with zero attached hydrogens (tertiary/aromatic N) is 1. The third-order valence-corrected chi connectivity index (χ3v) is 4.88. The van der Waals surface area contributed by atoms with Crippen LogP contribution in [0.2, 0.25) is 0 Å². The molecular formula is C23H16N2O4. The first kappa shape index (κ1) is 17.2. The summed E-state index contributed by atoms with van der Waals surface area (Å²) in [5.41, 5.74) is 4.25. The van der Waals surface area contributed by atoms with Crippen LogP contribution in [0.1, 0.15) is 15.9 Å². The molecule has 0 saturated carbocycles. The minimum absolute atomic E-state index is 0.356. The number of hydrogen-bond acceptors (Lipinski definition) is 5. The lowest BCUT2D eigenvalue weighted by atomic mass is 9.98. The minimum Gasteiger partial charge on any atom is -0.448 e. The van der Waals surface area contributed by atoms with E-state index in [1.807, 2.05) is 48.5 Å². The number of ether oxygens (including phenoxy) is 1. The van der Waals surface area contributed by atoms with Gasteiger partial charge in [-0.3, -0.25) is 4.79 Å². The van der Waals surface area contributed by atoms with Gasteiger partial charge >= 0.3 is 5.97 Å². The van der Waals surface area contributed by atoms with Crippen LogP contribution in [0.3, 0.4) is 0 Å². The first-order valence-corrected chi connectivity index (χ1v) is 9.23. The number of aromatic nitrogens is 1. The summed E-state index contributed by atoms with van der Waals surface area (Å²) in [6.07, 6.45) is -0.497. The molecule has 1 aromatic heterocycles. The quantitative estimate of drug-likeness (QED) is 0.535. The van der Waals surface area contributed by atoms with E-state index in [1.54, 1.807) is 24.3 Å². The van der Waals surface area contributed by atoms with Crippen LogP contribution in [0.5, 0.6) is 0 Å². The van der Waals surface area contributed by atoms with E-state index in [0.29, 0.717) is 23.6 Å². The van der Waals surface area contributed by atoms with Gasteiger partial charge in [0.1, 0.15) is 5.52 Å². The molecular weight excluding hydrogens is 368 g/mol. The third-order valence-electron chi connectivity index (χ3n) is 4.88. The first-order chi connectivity index (χ1) is 14.2. The SMILES string of the molecule is O=C1OC(C(=O)Nc2ccc(-c3nc4ccccc4o3)cc2)Cc2ccccc21. The van der Waals surface area contributed by atoms with E-state index in [-0.39, 0.29) is 5.91 Å². The predicted octanol–water partition coefficient (Wildman–Crippen LogP) is 4.22. The van der Waals surface area contributed by atoms with Gasteiger partial charge in [-0.05, 0) is 48.0 Å². The minimum atomic E-state index is -0.853. The number of fused-ring (bicyclic) bond motifs is 2. The normalized spacial score (nSPS) is 15.6. The molecule has 142 valence electrons. The fourth-order valence-corrected chi connectivity index (χ4v) is 3.39. The molecule has 3 aromatic carbocycles. The number of carbonyl (C=O) groups excluding carboxylic acids is 2. The highest BCUT2D eigenvalue weighted by Gasteiger charge is 2.31. The van der Waals surface area contributed by atoms with E-state index in [9.17, 15) is 9.59 Å². The summed E-state index contributed by atoms with van der Waals surface area (Å²) in [4.78, 5) is 29.1. The van der Waals surface area contributed by atoms with Gasteiger partial charge in [-0.25, -0.2) is 9.78 Å². The first-order valence-electron chi connectivity index (χ1n) is 9.23. The molecule has 1 amide bonds. The molecule has 1 unspecified atom stereocenters. The number of carbonyl (C=O) groups is 2. The van der Waals surface area contributed by atoms with Crippen molar-refractivity contribution in [1.82, 2.24) is 4.98 Å². The van der Waals surface area contributed by atoms with Gasteiger partial charge in [0.25, 0.3) is 5.91 Å². The number of anilines is 1. The van der Waals surface area contributed by atoms with Gasteiger partial charge in [-0.2, -0.15) is 0 Å². The molecule has 29 heavy (non-hydrogen) atoms. The second kappa shape index (κ2) is 6.91. The Morgan fingerprint density at radius 3 is 2.55 bits per heavy atom. The molecule has 4 aromatic rings. The lowest BCUT2D eigenvalue weighted by Crippen LogP contribution is -2.37. The number of esters is 1. The molecule has 2 heterocycles. The average molecular weight is 384 g/mol. The van der Waals surface area contributed by atoms with Crippen molar-refractivity contribution < 1.29 is 18.7 Å². The van der Waals surface area contributed by atoms with Crippen LogP contribution in [0.15, 0.2) is 77.2 Å². The predicted molar refractivity (Wildman–Crippen MR) is 107 cm³/mol. The lowest BCUT2D eigenvalue weighted by Gasteiger charge is -2.23. The second-order valence-corrected chi connectivity index (χ2v) is 6.81. The Morgan fingerprint density at radius 2 is 1.72 bits per heavy atom. The Labute approximate surface area is 166 Å². The van der Waals surface area contributed by atoms with E-state index >= 15 is 0 Å². The van der Waals surface area contributed by atoms with Crippen LogP contribution in [-0.4, -0.2) is 23.0 Å². The lowest BCUT2D eigenvalue weighted by molar-refractivity contribution is -0.125. The molecule has 0 saturated heterocycles. The molecule has 6 heteroatoms. The fourth-order valence-electron chi connectivity index (χ4n) is 3.39. The van der Waals surface area contributed by atoms with Gasteiger partial charge in [-0.1, -0.05) is 30.3 Å². The van der Waals surface area contributed by atoms with Crippen LogP contribution in [0.4, 0.5) is 5.69 Å². The fraction of sp³-hybridized carbons (Fsp3) is 0.0870. The molecule has 1 aliphatic rings. The molecule has 0 aliphatic carbocycles. The zero-order valence-electron chi connectivity index (χ0n) is 15.3. The maximum Gasteiger partial charge on any atom is 0.339 e. The van der Waals surface area contributed by atoms with Crippen molar-refractivity contribution >= 4 is 28.7 Å². The van der Waals surface area contributed by atoms with Crippen LogP contribution in [0, 0.1) is 0 Å². The smallest absolute Gasteiger partial charge is 0.339 e. The van der Waals surface area contributed by atoms with E-state index in [0.717, 1.165) is 22.2 Å². The van der Waals surface area contributed by atoms with Crippen LogP contribution >= 0.6 is 0 Å². The highest BCUT2D eigenvalue weighted by Crippen LogP contribution is 2.26. The Bertz CT molecular complexity index is 1190. The van der Waals surface area contributed by atoms with Gasteiger partial charge in [0.15, 0.2) is 11.7 Å². The number of oxazole rings is 1. The number of benzene rings is 3. The topological polar surface area (TPSA) is 81.4 Å². The van der Waals surface area contributed by atoms with Crippen molar-refractivity contribution in [2.24, 2.45) is 0 Å². The van der Waals surface area contributed by atoms with Gasteiger partial charge in [-0.15, -0.1) is 0 Å². The van der Waals surface area contributed by atoms with Gasteiger partial charge in [0, 0.05) is 17.7 Å². The summed E-state index contributed by atoms with van der Waals surface area (Å²) < 4.78 is 11.1. The summed E-state index contributed by atoms with van der Waals surface area (Å²) in [7, 11) is 0. The molecule has 6 nitrogen and oxygen atoms in total. The van der Waals surface area contributed by atoms with Crippen LogP contribution in [0.25, 0.3) is 22.6 Å². The van der Waals surface area contributed by atoms with Crippen molar-refractivity contribution in [2.45, 2.75) is 12.5 Å². The summed E-state index contributed by atoms with van der Waals surface area (Å²) >= 11 is 0. The molecule has 1 aliphatic heterocycles. The number of nitrogens with one attached hydrogen (secondary N) is 1. The number of amides is 1. The highest BCUT2D eigenvalue weighted by molar-refractivity contribution is 6.00. The molecule has 0 fully saturated rings. The van der Waals surface area contributed by atoms with Crippen molar-refractivity contribution in [3.63, 3.8) is 0 Å². The summed E-state index contributed by atoms with van der Waals surface area (Å²) in [5.74, 6) is -0.317. The number of rotatable bonds is 3.